The molecule has 0 nitrogen and oxygen atoms in total. The molecule has 82 valence electrons. The van der Waals surface area contributed by atoms with E-state index in [1.54, 1.807) is 6.08 Å². The van der Waals surface area contributed by atoms with Crippen molar-refractivity contribution in [3.63, 3.8) is 0 Å². The summed E-state index contributed by atoms with van der Waals surface area (Å²) in [5, 5.41) is 0. The van der Waals surface area contributed by atoms with Gasteiger partial charge in [0.2, 0.25) is 0 Å². The molecule has 0 spiro atoms. The fourth-order valence-electron chi connectivity index (χ4n) is 0.421. The molecule has 0 unspecified atom stereocenters. The summed E-state index contributed by atoms with van der Waals surface area (Å²) in [6, 6.07) is 0. The predicted octanol–water partition coefficient (Wildman–Crippen LogP) is 5.30. The zero-order valence-electron chi connectivity index (χ0n) is 10.5. The molecular formula is C14H26. The van der Waals surface area contributed by atoms with Crippen molar-refractivity contribution in [3.05, 3.63) is 49.1 Å². The minimum atomic E-state index is 1.04. The molecule has 0 aliphatic heterocycles. The largest absolute Gasteiger partial charge is 0.103 e. The minimum Gasteiger partial charge on any atom is -0.103 e. The molecule has 0 bridgehead atoms. The second-order valence-corrected chi connectivity index (χ2v) is 2.30. The van der Waals surface area contributed by atoms with Crippen LogP contribution in [0.2, 0.25) is 0 Å². The van der Waals surface area contributed by atoms with Crippen LogP contribution in [0, 0.1) is 0 Å². The lowest BCUT2D eigenvalue weighted by molar-refractivity contribution is 1.16. The van der Waals surface area contributed by atoms with Gasteiger partial charge < -0.3 is 0 Å². The second-order valence-electron chi connectivity index (χ2n) is 2.30. The van der Waals surface area contributed by atoms with Crippen molar-refractivity contribution < 1.29 is 0 Å². The fourth-order valence-corrected chi connectivity index (χ4v) is 0.421. The van der Waals surface area contributed by atoms with Gasteiger partial charge in [0.05, 0.1) is 0 Å². The van der Waals surface area contributed by atoms with Crippen LogP contribution in [0.5, 0.6) is 0 Å². The van der Waals surface area contributed by atoms with E-state index in [1.807, 2.05) is 52.0 Å². The third kappa shape index (κ3) is 30.6. The van der Waals surface area contributed by atoms with Gasteiger partial charge in [0, 0.05) is 0 Å². The first-order valence-electron chi connectivity index (χ1n) is 5.27. The van der Waals surface area contributed by atoms with Crippen molar-refractivity contribution in [2.75, 3.05) is 0 Å². The first-order valence-corrected chi connectivity index (χ1v) is 5.27. The maximum Gasteiger partial charge on any atom is -0.0313 e. The quantitative estimate of drug-likeness (QED) is 0.422. The van der Waals surface area contributed by atoms with Gasteiger partial charge in [-0.1, -0.05) is 63.3 Å². The Bertz CT molecular complexity index is 159. The Balaban J connectivity index is -0.000000205. The first-order chi connectivity index (χ1) is 6.72. The average Bonchev–Trinajstić information content (AvgIpc) is 2.22. The number of rotatable bonds is 3. The van der Waals surface area contributed by atoms with E-state index in [1.165, 1.54) is 5.57 Å². The Kier molecular flexibility index (Phi) is 30.3. The zero-order chi connectivity index (χ0) is 11.8. The monoisotopic (exact) mass is 194 g/mol. The number of hydrogen-bond donors (Lipinski definition) is 0. The van der Waals surface area contributed by atoms with Crippen molar-refractivity contribution in [2.45, 2.75) is 41.0 Å². The van der Waals surface area contributed by atoms with E-state index in [9.17, 15) is 0 Å². The maximum absolute atomic E-state index is 3.82. The molecular weight excluding hydrogens is 168 g/mol. The highest BCUT2D eigenvalue weighted by Crippen LogP contribution is 1.97. The van der Waals surface area contributed by atoms with E-state index < -0.39 is 0 Å². The van der Waals surface area contributed by atoms with Crippen LogP contribution >= 0.6 is 0 Å². The molecule has 0 fully saturated rings. The molecule has 0 rings (SSSR count). The van der Waals surface area contributed by atoms with Crippen LogP contribution in [0.25, 0.3) is 0 Å². The average molecular weight is 194 g/mol. The minimum absolute atomic E-state index is 1.04. The highest BCUT2D eigenvalue weighted by atomic mass is 13.8. The molecule has 0 atom stereocenters. The Labute approximate surface area is 90.7 Å². The van der Waals surface area contributed by atoms with Crippen LogP contribution in [0.1, 0.15) is 41.0 Å². The van der Waals surface area contributed by atoms with Crippen LogP contribution in [-0.4, -0.2) is 0 Å². The topological polar surface area (TPSA) is 0 Å². The van der Waals surface area contributed by atoms with Crippen molar-refractivity contribution in [2.24, 2.45) is 0 Å². The lowest BCUT2D eigenvalue weighted by Crippen LogP contribution is -1.66. The van der Waals surface area contributed by atoms with Gasteiger partial charge in [0.25, 0.3) is 0 Å². The molecule has 0 radical (unpaired) electrons. The molecule has 0 heterocycles. The fraction of sp³-hybridized carbons (Fsp3) is 0.429. The van der Waals surface area contributed by atoms with Crippen molar-refractivity contribution in [3.8, 4) is 0 Å². The van der Waals surface area contributed by atoms with Gasteiger partial charge in [-0.3, -0.25) is 0 Å². The van der Waals surface area contributed by atoms with E-state index in [-0.39, 0.29) is 0 Å². The zero-order valence-corrected chi connectivity index (χ0v) is 10.5. The standard InChI is InChI=1S/C9H14.C3H6.C2H6/c1-4-6-7-8-9(3)5-2;1-3-2;1-2/h4,6-8H,3,5H2,1-2H3;3H,1H2,2H3;1-2H3/b6-4-,8-7-;;. The van der Waals surface area contributed by atoms with Gasteiger partial charge >= 0.3 is 0 Å². The second kappa shape index (κ2) is 22.7. The van der Waals surface area contributed by atoms with Crippen LogP contribution in [0.3, 0.4) is 0 Å². The van der Waals surface area contributed by atoms with Gasteiger partial charge in [-0.25, -0.2) is 0 Å². The highest BCUT2D eigenvalue weighted by molar-refractivity contribution is 5.18. The summed E-state index contributed by atoms with van der Waals surface area (Å²) in [5.74, 6) is 0. The van der Waals surface area contributed by atoms with E-state index >= 15 is 0 Å². The number of hydrogen-bond acceptors (Lipinski definition) is 0. The van der Waals surface area contributed by atoms with Gasteiger partial charge in [0.15, 0.2) is 0 Å². The van der Waals surface area contributed by atoms with Crippen molar-refractivity contribution in [1.82, 2.24) is 0 Å². The molecule has 0 N–H and O–H groups in total. The maximum atomic E-state index is 3.82. The third-order valence-electron chi connectivity index (χ3n) is 1.09. The summed E-state index contributed by atoms with van der Waals surface area (Å²) in [5.41, 5.74) is 1.17. The molecule has 14 heavy (non-hydrogen) atoms. The molecule has 0 heteroatoms. The molecule has 0 aliphatic rings. The summed E-state index contributed by atoms with van der Waals surface area (Å²) in [6.45, 7) is 17.2. The Morgan fingerprint density at radius 3 is 1.86 bits per heavy atom. The lowest BCUT2D eigenvalue weighted by atomic mass is 10.2. The molecule has 0 aliphatic carbocycles. The van der Waals surface area contributed by atoms with Crippen LogP contribution in [0.4, 0.5) is 0 Å². The Morgan fingerprint density at radius 1 is 1.14 bits per heavy atom. The normalized spacial score (nSPS) is 8.64. The smallest absolute Gasteiger partial charge is 0.0313 e. The first kappa shape index (κ1) is 18.7. The summed E-state index contributed by atoms with van der Waals surface area (Å²) < 4.78 is 0. The predicted molar refractivity (Wildman–Crippen MR) is 70.6 cm³/mol. The molecule has 0 saturated carbocycles. The van der Waals surface area contributed by atoms with Gasteiger partial charge in [-0.2, -0.15) is 0 Å². The molecule has 0 amide bonds. The van der Waals surface area contributed by atoms with E-state index in [2.05, 4.69) is 20.1 Å². The van der Waals surface area contributed by atoms with Crippen LogP contribution in [-0.2, 0) is 0 Å². The van der Waals surface area contributed by atoms with Crippen LogP contribution in [0.15, 0.2) is 49.1 Å². The summed E-state index contributed by atoms with van der Waals surface area (Å²) in [7, 11) is 0. The lowest BCUT2D eigenvalue weighted by Gasteiger charge is -1.86. The van der Waals surface area contributed by atoms with E-state index in [4.69, 9.17) is 0 Å². The molecule has 0 aromatic carbocycles. The summed E-state index contributed by atoms with van der Waals surface area (Å²) >= 11 is 0. The van der Waals surface area contributed by atoms with Gasteiger partial charge in [-0.05, 0) is 20.3 Å². The van der Waals surface area contributed by atoms with Gasteiger partial charge in [-0.15, -0.1) is 6.58 Å². The molecule has 0 saturated heterocycles. The Morgan fingerprint density at radius 2 is 1.57 bits per heavy atom. The van der Waals surface area contributed by atoms with Crippen molar-refractivity contribution in [1.29, 1.82) is 0 Å². The van der Waals surface area contributed by atoms with E-state index in [0.717, 1.165) is 6.42 Å². The van der Waals surface area contributed by atoms with Crippen LogP contribution < -0.4 is 0 Å². The third-order valence-corrected chi connectivity index (χ3v) is 1.09. The highest BCUT2D eigenvalue weighted by Gasteiger charge is 1.76. The Hall–Kier alpha value is -1.04. The summed E-state index contributed by atoms with van der Waals surface area (Å²) in [4.78, 5) is 0. The molecule has 0 aromatic heterocycles. The number of allylic oxidation sites excluding steroid dienone is 6. The van der Waals surface area contributed by atoms with Gasteiger partial charge in [0.1, 0.15) is 0 Å². The summed E-state index contributed by atoms with van der Waals surface area (Å²) in [6.07, 6.45) is 10.8. The van der Waals surface area contributed by atoms with E-state index in [0.29, 0.717) is 0 Å². The SMILES string of the molecule is C=C(/C=C\C=C/C)CC.C=CC.CC. The van der Waals surface area contributed by atoms with Crippen molar-refractivity contribution >= 4 is 0 Å². The molecule has 0 aromatic rings.